The predicted molar refractivity (Wildman–Crippen MR) is 72.6 cm³/mol. The molecule has 98 valence electrons. The molecular weight excluding hydrogens is 249 g/mol. The Morgan fingerprint density at radius 1 is 1.22 bits per heavy atom. The third-order valence-electron chi connectivity index (χ3n) is 3.38. The summed E-state index contributed by atoms with van der Waals surface area (Å²) in [5, 5.41) is 2.93. The Bertz CT molecular complexity index is 428. The molecule has 0 heterocycles. The first-order chi connectivity index (χ1) is 8.66. The van der Waals surface area contributed by atoms with Crippen LogP contribution in [0.5, 0.6) is 0 Å². The average Bonchev–Trinajstić information content (AvgIpc) is 2.61. The van der Waals surface area contributed by atoms with Crippen molar-refractivity contribution in [3.8, 4) is 0 Å². The third kappa shape index (κ3) is 3.48. The molecule has 2 rings (SSSR count). The minimum absolute atomic E-state index is 0.0896. The second kappa shape index (κ2) is 6.23. The number of carbonyl (C=O) groups is 1. The fraction of sp³-hybridized carbons (Fsp3) is 0.500. The lowest BCUT2D eigenvalue weighted by atomic mass is 10.1. The Morgan fingerprint density at radius 3 is 2.56 bits per heavy atom. The topological polar surface area (TPSA) is 29.1 Å². The van der Waals surface area contributed by atoms with Crippen LogP contribution in [0.25, 0.3) is 0 Å². The van der Waals surface area contributed by atoms with Crippen LogP contribution >= 0.6 is 12.6 Å². The molecule has 1 aliphatic carbocycles. The van der Waals surface area contributed by atoms with Gasteiger partial charge in [0.1, 0.15) is 5.82 Å². The first kappa shape index (κ1) is 13.4. The third-order valence-corrected chi connectivity index (χ3v) is 3.66. The van der Waals surface area contributed by atoms with Crippen LogP contribution in [0.3, 0.4) is 0 Å². The van der Waals surface area contributed by atoms with E-state index in [1.807, 2.05) is 0 Å². The minimum atomic E-state index is -0.487. The van der Waals surface area contributed by atoms with E-state index in [2.05, 4.69) is 17.9 Å². The van der Waals surface area contributed by atoms with Crippen LogP contribution in [0.4, 0.5) is 4.39 Å². The van der Waals surface area contributed by atoms with E-state index < -0.39 is 5.82 Å². The zero-order valence-corrected chi connectivity index (χ0v) is 11.2. The first-order valence-electron chi connectivity index (χ1n) is 6.46. The number of halogens is 1. The lowest BCUT2D eigenvalue weighted by Crippen LogP contribution is -2.34. The van der Waals surface area contributed by atoms with Crippen molar-refractivity contribution in [1.82, 2.24) is 5.32 Å². The summed E-state index contributed by atoms with van der Waals surface area (Å²) in [5.74, 6) is -0.811. The van der Waals surface area contributed by atoms with Gasteiger partial charge in [-0.05, 0) is 31.0 Å². The molecule has 0 aromatic heterocycles. The Balaban J connectivity index is 2.04. The summed E-state index contributed by atoms with van der Waals surface area (Å²) < 4.78 is 13.6. The number of rotatable bonds is 2. The van der Waals surface area contributed by atoms with E-state index in [1.54, 1.807) is 6.07 Å². The van der Waals surface area contributed by atoms with E-state index in [9.17, 15) is 9.18 Å². The molecule has 2 nitrogen and oxygen atoms in total. The normalized spacial score (nSPS) is 17.2. The summed E-state index contributed by atoms with van der Waals surface area (Å²) in [6.07, 6.45) is 6.72. The van der Waals surface area contributed by atoms with Gasteiger partial charge >= 0.3 is 0 Å². The van der Waals surface area contributed by atoms with Crippen LogP contribution in [0, 0.1) is 5.82 Å². The molecule has 1 N–H and O–H groups in total. The van der Waals surface area contributed by atoms with Crippen molar-refractivity contribution < 1.29 is 9.18 Å². The summed E-state index contributed by atoms with van der Waals surface area (Å²) >= 11 is 4.13. The van der Waals surface area contributed by atoms with Gasteiger partial charge in [-0.15, -0.1) is 12.6 Å². The Labute approximate surface area is 112 Å². The van der Waals surface area contributed by atoms with E-state index in [1.165, 1.54) is 25.0 Å². The molecule has 1 saturated carbocycles. The molecule has 0 aliphatic heterocycles. The standard InChI is InChI=1S/C14H18FNOS/c15-13-8-7-11(18)9-12(13)14(17)16-10-5-3-1-2-4-6-10/h7-10,18H,1-6H2,(H,16,17). The van der Waals surface area contributed by atoms with Gasteiger partial charge in [-0.3, -0.25) is 4.79 Å². The van der Waals surface area contributed by atoms with Gasteiger partial charge in [0.15, 0.2) is 0 Å². The summed E-state index contributed by atoms with van der Waals surface area (Å²) in [5.41, 5.74) is 0.0896. The zero-order valence-electron chi connectivity index (χ0n) is 10.3. The molecule has 0 unspecified atom stereocenters. The number of hydrogen-bond acceptors (Lipinski definition) is 2. The smallest absolute Gasteiger partial charge is 0.254 e. The molecule has 0 atom stereocenters. The molecule has 1 aromatic carbocycles. The Hall–Kier alpha value is -1.03. The molecule has 4 heteroatoms. The van der Waals surface area contributed by atoms with Crippen molar-refractivity contribution in [2.75, 3.05) is 0 Å². The molecule has 1 amide bonds. The van der Waals surface area contributed by atoms with E-state index in [0.29, 0.717) is 4.90 Å². The molecule has 0 bridgehead atoms. The van der Waals surface area contributed by atoms with Crippen LogP contribution in [-0.4, -0.2) is 11.9 Å². The monoisotopic (exact) mass is 267 g/mol. The predicted octanol–water partition coefficient (Wildman–Crippen LogP) is 3.57. The lowest BCUT2D eigenvalue weighted by Gasteiger charge is -2.16. The van der Waals surface area contributed by atoms with Crippen LogP contribution < -0.4 is 5.32 Å². The fourth-order valence-corrected chi connectivity index (χ4v) is 2.58. The summed E-state index contributed by atoms with van der Waals surface area (Å²) in [4.78, 5) is 12.6. The highest BCUT2D eigenvalue weighted by atomic mass is 32.1. The van der Waals surface area contributed by atoms with E-state index >= 15 is 0 Å². The van der Waals surface area contributed by atoms with Crippen molar-refractivity contribution >= 4 is 18.5 Å². The van der Waals surface area contributed by atoms with Crippen molar-refractivity contribution in [3.63, 3.8) is 0 Å². The second-order valence-electron chi connectivity index (χ2n) is 4.83. The molecule has 1 fully saturated rings. The van der Waals surface area contributed by atoms with Crippen molar-refractivity contribution in [3.05, 3.63) is 29.6 Å². The largest absolute Gasteiger partial charge is 0.349 e. The molecular formula is C14H18FNOS. The van der Waals surface area contributed by atoms with Gasteiger partial charge in [0.2, 0.25) is 0 Å². The van der Waals surface area contributed by atoms with Gasteiger partial charge < -0.3 is 5.32 Å². The van der Waals surface area contributed by atoms with Gasteiger partial charge in [-0.2, -0.15) is 0 Å². The fourth-order valence-electron chi connectivity index (χ4n) is 2.37. The average molecular weight is 267 g/mol. The van der Waals surface area contributed by atoms with Crippen molar-refractivity contribution in [2.24, 2.45) is 0 Å². The Morgan fingerprint density at radius 2 is 1.89 bits per heavy atom. The summed E-state index contributed by atoms with van der Waals surface area (Å²) in [6, 6.07) is 4.48. The highest BCUT2D eigenvalue weighted by Gasteiger charge is 2.18. The van der Waals surface area contributed by atoms with Crippen LogP contribution in [0.1, 0.15) is 48.9 Å². The number of thiol groups is 1. The number of benzene rings is 1. The summed E-state index contributed by atoms with van der Waals surface area (Å²) in [7, 11) is 0. The maximum atomic E-state index is 13.6. The van der Waals surface area contributed by atoms with Gasteiger partial charge in [0.05, 0.1) is 5.56 Å². The van der Waals surface area contributed by atoms with Crippen LogP contribution in [0.15, 0.2) is 23.1 Å². The highest BCUT2D eigenvalue weighted by molar-refractivity contribution is 7.80. The van der Waals surface area contributed by atoms with Crippen molar-refractivity contribution in [1.29, 1.82) is 0 Å². The number of amides is 1. The second-order valence-corrected chi connectivity index (χ2v) is 5.34. The van der Waals surface area contributed by atoms with E-state index in [4.69, 9.17) is 0 Å². The number of hydrogen-bond donors (Lipinski definition) is 2. The van der Waals surface area contributed by atoms with E-state index in [0.717, 1.165) is 25.7 Å². The van der Waals surface area contributed by atoms with Gasteiger partial charge in [0, 0.05) is 10.9 Å². The highest BCUT2D eigenvalue weighted by Crippen LogP contribution is 2.19. The number of carbonyl (C=O) groups excluding carboxylic acids is 1. The van der Waals surface area contributed by atoms with Gasteiger partial charge in [-0.25, -0.2) is 4.39 Å². The van der Waals surface area contributed by atoms with Gasteiger partial charge in [0.25, 0.3) is 5.91 Å². The molecule has 0 spiro atoms. The molecule has 1 aliphatic rings. The lowest BCUT2D eigenvalue weighted by molar-refractivity contribution is 0.0929. The maximum absolute atomic E-state index is 13.6. The molecule has 0 radical (unpaired) electrons. The maximum Gasteiger partial charge on any atom is 0.254 e. The van der Waals surface area contributed by atoms with Crippen LogP contribution in [0.2, 0.25) is 0 Å². The molecule has 0 saturated heterocycles. The molecule has 18 heavy (non-hydrogen) atoms. The number of nitrogens with one attached hydrogen (secondary N) is 1. The Kier molecular flexibility index (Phi) is 4.64. The van der Waals surface area contributed by atoms with Crippen molar-refractivity contribution in [2.45, 2.75) is 49.5 Å². The zero-order chi connectivity index (χ0) is 13.0. The minimum Gasteiger partial charge on any atom is -0.349 e. The molecule has 1 aromatic rings. The first-order valence-corrected chi connectivity index (χ1v) is 6.91. The van der Waals surface area contributed by atoms with Crippen LogP contribution in [-0.2, 0) is 0 Å². The SMILES string of the molecule is O=C(NC1CCCCCC1)c1cc(S)ccc1F. The quantitative estimate of drug-likeness (QED) is 0.622. The summed E-state index contributed by atoms with van der Waals surface area (Å²) in [6.45, 7) is 0. The van der Waals surface area contributed by atoms with E-state index in [-0.39, 0.29) is 17.5 Å². The van der Waals surface area contributed by atoms with Gasteiger partial charge in [-0.1, -0.05) is 25.7 Å².